The van der Waals surface area contributed by atoms with E-state index in [4.69, 9.17) is 15.0 Å². The van der Waals surface area contributed by atoms with Crippen molar-refractivity contribution in [1.82, 2.24) is 24.1 Å². The lowest BCUT2D eigenvalue weighted by Crippen LogP contribution is -2.59. The van der Waals surface area contributed by atoms with E-state index in [9.17, 15) is 0 Å². The van der Waals surface area contributed by atoms with Gasteiger partial charge in [0.05, 0.1) is 11.0 Å². The van der Waals surface area contributed by atoms with E-state index < -0.39 is 0 Å². The summed E-state index contributed by atoms with van der Waals surface area (Å²) in [6, 6.07) is 63.4. The predicted molar refractivity (Wildman–Crippen MR) is 313 cm³/mol. The van der Waals surface area contributed by atoms with Gasteiger partial charge < -0.3 is 9.13 Å². The van der Waals surface area contributed by atoms with E-state index in [-0.39, 0.29) is 17.5 Å². The lowest BCUT2D eigenvalue weighted by molar-refractivity contribution is 0.591. The maximum Gasteiger partial charge on any atom is 0.252 e. The molecule has 8 heteroatoms. The van der Waals surface area contributed by atoms with E-state index in [1.54, 1.807) is 0 Å². The van der Waals surface area contributed by atoms with Crippen molar-refractivity contribution < 1.29 is 0 Å². The lowest BCUT2D eigenvalue weighted by atomic mass is 9.34. The average molecular weight is 972 g/mol. The van der Waals surface area contributed by atoms with Crippen molar-refractivity contribution in [2.24, 2.45) is 0 Å². The number of benzene rings is 9. The molecule has 2 aliphatic heterocycles. The molecule has 346 valence electrons. The summed E-state index contributed by atoms with van der Waals surface area (Å²) in [5.74, 6) is 1.94. The zero-order valence-electron chi connectivity index (χ0n) is 41.3. The number of thiophene rings is 2. The molecule has 0 atom stereocenters. The van der Waals surface area contributed by atoms with Gasteiger partial charge in [0, 0.05) is 101 Å². The molecule has 2 aliphatic rings. The first-order valence-corrected chi connectivity index (χ1v) is 27.0. The van der Waals surface area contributed by atoms with Crippen LogP contribution in [0.2, 0.25) is 0 Å². The highest BCUT2D eigenvalue weighted by molar-refractivity contribution is 7.26. The molecule has 73 heavy (non-hydrogen) atoms. The van der Waals surface area contributed by atoms with Crippen LogP contribution in [-0.2, 0) is 10.8 Å². The first-order valence-electron chi connectivity index (χ1n) is 25.4. The number of rotatable bonds is 3. The van der Waals surface area contributed by atoms with E-state index in [1.807, 2.05) is 34.8 Å². The standard InChI is InChI=1S/C65H46BN5S2/c1-64(2,3)38-27-46-42-33-56-44(40-21-13-15-23-54(40)72-56)31-50(42)70-52-25-37(63-68-61(35-17-9-7-10-18-35)67-62(69-63)36-19-11-8-12-20-36)26-53-58(52)66(48(29-38)59(46)70)49-30-39(65(4,5)6)28-47-43-34-57-45(32-51(43)71(53)60(47)49)41-22-14-16-24-55(41)73-57/h7-34H,1-6H3. The third-order valence-corrected chi connectivity index (χ3v) is 18.3. The monoisotopic (exact) mass is 971 g/mol. The van der Waals surface area contributed by atoms with E-state index in [0.29, 0.717) is 17.5 Å². The number of hydrogen-bond acceptors (Lipinski definition) is 5. The summed E-state index contributed by atoms with van der Waals surface area (Å²) in [5.41, 5.74) is 16.7. The number of nitrogens with zero attached hydrogens (tertiary/aromatic N) is 5. The number of hydrogen-bond donors (Lipinski definition) is 0. The van der Waals surface area contributed by atoms with E-state index in [2.05, 4.69) is 208 Å². The first-order chi connectivity index (χ1) is 35.4. The molecule has 0 saturated carbocycles. The van der Waals surface area contributed by atoms with Gasteiger partial charge in [-0.25, -0.2) is 15.0 Å². The summed E-state index contributed by atoms with van der Waals surface area (Å²) >= 11 is 3.79. The van der Waals surface area contributed by atoms with Crippen molar-refractivity contribution in [3.63, 3.8) is 0 Å². The van der Waals surface area contributed by atoms with E-state index >= 15 is 0 Å². The summed E-state index contributed by atoms with van der Waals surface area (Å²) in [4.78, 5) is 16.0. The Hall–Kier alpha value is -7.91. The highest BCUT2D eigenvalue weighted by atomic mass is 32.1. The summed E-state index contributed by atoms with van der Waals surface area (Å²) in [7, 11) is 0. The Morgan fingerprint density at radius 1 is 0.370 bits per heavy atom. The second-order valence-corrected chi connectivity index (χ2v) is 24.6. The molecule has 14 aromatic rings. The van der Waals surface area contributed by atoms with E-state index in [1.165, 1.54) is 123 Å². The van der Waals surface area contributed by atoms with Crippen LogP contribution in [0.4, 0.5) is 0 Å². The molecule has 5 nitrogen and oxygen atoms in total. The first kappa shape index (κ1) is 41.7. The Balaban J connectivity index is 1.11. The molecule has 0 aliphatic carbocycles. The molecule has 0 unspecified atom stereocenters. The van der Waals surface area contributed by atoms with Gasteiger partial charge >= 0.3 is 0 Å². The smallest absolute Gasteiger partial charge is 0.252 e. The lowest BCUT2D eigenvalue weighted by Gasteiger charge is -2.35. The second kappa shape index (κ2) is 14.4. The van der Waals surface area contributed by atoms with Gasteiger partial charge in [0.25, 0.3) is 6.71 Å². The molecule has 0 amide bonds. The minimum atomic E-state index is -0.0972. The predicted octanol–water partition coefficient (Wildman–Crippen LogP) is 15.5. The quantitative estimate of drug-likeness (QED) is 0.166. The van der Waals surface area contributed by atoms with Crippen molar-refractivity contribution in [2.45, 2.75) is 52.4 Å². The maximum absolute atomic E-state index is 5.42. The Labute approximate surface area is 430 Å². The van der Waals surface area contributed by atoms with Crippen molar-refractivity contribution >= 4 is 130 Å². The van der Waals surface area contributed by atoms with Gasteiger partial charge in [-0.3, -0.25) is 0 Å². The van der Waals surface area contributed by atoms with Gasteiger partial charge in [-0.2, -0.15) is 0 Å². The minimum absolute atomic E-state index is 0.0516. The molecule has 0 bridgehead atoms. The fraction of sp³-hybridized carbons (Fsp3) is 0.123. The highest BCUT2D eigenvalue weighted by Crippen LogP contribution is 2.47. The fourth-order valence-electron chi connectivity index (χ4n) is 12.4. The molecule has 9 aromatic carbocycles. The zero-order chi connectivity index (χ0) is 48.8. The molecule has 0 radical (unpaired) electrons. The Morgan fingerprint density at radius 3 is 1.22 bits per heavy atom. The second-order valence-electron chi connectivity index (χ2n) is 22.4. The van der Waals surface area contributed by atoms with Gasteiger partial charge in [0.2, 0.25) is 0 Å². The van der Waals surface area contributed by atoms with Crippen LogP contribution < -0.4 is 16.4 Å². The average Bonchev–Trinajstić information content (AvgIpc) is 4.16. The third kappa shape index (κ3) is 5.82. The molecule has 0 N–H and O–H groups in total. The molecule has 16 rings (SSSR count). The Kier molecular flexibility index (Phi) is 8.23. The van der Waals surface area contributed by atoms with E-state index in [0.717, 1.165) is 16.7 Å². The van der Waals surface area contributed by atoms with Crippen molar-refractivity contribution in [2.75, 3.05) is 0 Å². The molecule has 0 saturated heterocycles. The van der Waals surface area contributed by atoms with Crippen molar-refractivity contribution in [1.29, 1.82) is 0 Å². The Morgan fingerprint density at radius 2 is 0.781 bits per heavy atom. The van der Waals surface area contributed by atoms with Gasteiger partial charge in [-0.05, 0) is 99.0 Å². The van der Waals surface area contributed by atoms with Crippen LogP contribution in [0.1, 0.15) is 52.7 Å². The summed E-state index contributed by atoms with van der Waals surface area (Å²) in [6.07, 6.45) is 0. The van der Waals surface area contributed by atoms with Crippen LogP contribution in [0.25, 0.3) is 129 Å². The Bertz CT molecular complexity index is 4460. The van der Waals surface area contributed by atoms with Crippen LogP contribution in [0, 0.1) is 0 Å². The SMILES string of the molecule is CC(C)(C)c1cc2c3c(c1)c1cc4sc5ccccc5c4cc1n3-c1cc(-c3nc(-c4ccccc4)nc(-c4ccccc4)n3)cc3c1B2c1cc(C(C)(C)C)cc2c4cc5sc6ccccc6c5cc4n-3c12. The van der Waals surface area contributed by atoms with Crippen molar-refractivity contribution in [3.05, 3.63) is 181 Å². The largest absolute Gasteiger partial charge is 0.310 e. The van der Waals surface area contributed by atoms with Crippen LogP contribution >= 0.6 is 22.7 Å². The van der Waals surface area contributed by atoms with Gasteiger partial charge in [-0.1, -0.05) is 151 Å². The fourth-order valence-corrected chi connectivity index (χ4v) is 14.7. The third-order valence-electron chi connectivity index (χ3n) is 16.0. The van der Waals surface area contributed by atoms with Gasteiger partial charge in [-0.15, -0.1) is 22.7 Å². The molecule has 0 fully saturated rings. The summed E-state index contributed by atoms with van der Waals surface area (Å²) in [5, 5.41) is 10.3. The van der Waals surface area contributed by atoms with Gasteiger partial charge in [0.1, 0.15) is 0 Å². The van der Waals surface area contributed by atoms with Crippen LogP contribution in [0.3, 0.4) is 0 Å². The minimum Gasteiger partial charge on any atom is -0.310 e. The van der Waals surface area contributed by atoms with Crippen LogP contribution in [0.5, 0.6) is 0 Å². The zero-order valence-corrected chi connectivity index (χ0v) is 42.9. The normalized spacial score (nSPS) is 13.3. The van der Waals surface area contributed by atoms with Crippen LogP contribution in [0.15, 0.2) is 170 Å². The topological polar surface area (TPSA) is 48.5 Å². The van der Waals surface area contributed by atoms with Gasteiger partial charge in [0.15, 0.2) is 17.5 Å². The molecular formula is C65H46BN5S2. The molecular weight excluding hydrogens is 926 g/mol. The number of fused-ring (bicyclic) bond motifs is 16. The summed E-state index contributed by atoms with van der Waals surface area (Å²) in [6.45, 7) is 14.2. The number of aromatic nitrogens is 5. The van der Waals surface area contributed by atoms with Crippen LogP contribution in [-0.4, -0.2) is 30.8 Å². The maximum atomic E-state index is 5.42. The highest BCUT2D eigenvalue weighted by Gasteiger charge is 2.43. The van der Waals surface area contributed by atoms with Crippen molar-refractivity contribution in [3.8, 4) is 45.5 Å². The molecule has 7 heterocycles. The molecule has 5 aromatic heterocycles. The summed E-state index contributed by atoms with van der Waals surface area (Å²) < 4.78 is 10.5. The molecule has 0 spiro atoms.